The normalized spacial score (nSPS) is 10.9. The van der Waals surface area contributed by atoms with Crippen molar-refractivity contribution in [1.82, 2.24) is 9.97 Å². The second-order valence-corrected chi connectivity index (χ2v) is 6.22. The molecule has 0 bridgehead atoms. The summed E-state index contributed by atoms with van der Waals surface area (Å²) in [7, 11) is -1.58. The zero-order valence-electron chi connectivity index (χ0n) is 14.6. The van der Waals surface area contributed by atoms with E-state index in [4.69, 9.17) is 4.98 Å². The first kappa shape index (κ1) is 17.2. The zero-order chi connectivity index (χ0) is 19.0. The van der Waals surface area contributed by atoms with Crippen LogP contribution in [0.15, 0.2) is 67.9 Å². The molecule has 130 valence electrons. The lowest BCUT2D eigenvalue weighted by molar-refractivity contribution is 0.425. The molecule has 0 saturated heterocycles. The maximum absolute atomic E-state index is 9.63. The van der Waals surface area contributed by atoms with E-state index >= 15 is 0 Å². The summed E-state index contributed by atoms with van der Waals surface area (Å²) in [6.45, 7) is 7.70. The van der Waals surface area contributed by atoms with E-state index < -0.39 is 7.12 Å². The van der Waals surface area contributed by atoms with Gasteiger partial charge in [0, 0.05) is 22.5 Å². The molecule has 4 aromatic rings. The minimum absolute atomic E-state index is 0.386. The Bertz CT molecular complexity index is 1200. The van der Waals surface area contributed by atoms with Gasteiger partial charge in [0.25, 0.3) is 0 Å². The van der Waals surface area contributed by atoms with E-state index in [1.807, 2.05) is 42.5 Å². The van der Waals surface area contributed by atoms with Crippen LogP contribution in [0.2, 0.25) is 0 Å². The predicted octanol–water partition coefficient (Wildman–Crippen LogP) is 3.42. The maximum Gasteiger partial charge on any atom is 0.489 e. The predicted molar refractivity (Wildman–Crippen MR) is 112 cm³/mol. The molecule has 0 spiro atoms. The first-order chi connectivity index (χ1) is 13.1. The molecule has 2 N–H and O–H groups in total. The molecule has 0 unspecified atom stereocenters. The van der Waals surface area contributed by atoms with Crippen LogP contribution >= 0.6 is 0 Å². The number of hydrogen-bond donors (Lipinski definition) is 2. The average molecular weight is 352 g/mol. The van der Waals surface area contributed by atoms with E-state index in [0.29, 0.717) is 11.0 Å². The summed E-state index contributed by atoms with van der Waals surface area (Å²) in [4.78, 5) is 9.36. The van der Waals surface area contributed by atoms with Crippen LogP contribution in [0.3, 0.4) is 0 Å². The molecular weight excluding hydrogens is 335 g/mol. The Morgan fingerprint density at radius 3 is 2.22 bits per heavy atom. The van der Waals surface area contributed by atoms with Gasteiger partial charge in [0.1, 0.15) is 0 Å². The fourth-order valence-corrected chi connectivity index (χ4v) is 3.42. The van der Waals surface area contributed by atoms with E-state index in [9.17, 15) is 10.0 Å². The van der Waals surface area contributed by atoms with Crippen LogP contribution in [0.4, 0.5) is 0 Å². The molecule has 2 heterocycles. The van der Waals surface area contributed by atoms with Crippen LogP contribution in [0.1, 0.15) is 11.1 Å². The molecule has 5 heteroatoms. The molecule has 0 radical (unpaired) electrons. The smallest absolute Gasteiger partial charge is 0.423 e. The topological polar surface area (TPSA) is 66.2 Å². The van der Waals surface area contributed by atoms with Crippen molar-refractivity contribution < 1.29 is 10.0 Å². The van der Waals surface area contributed by atoms with E-state index in [0.717, 1.165) is 38.6 Å². The molecule has 0 aliphatic carbocycles. The molecule has 0 amide bonds. The number of aromatic nitrogens is 2. The summed E-state index contributed by atoms with van der Waals surface area (Å²) in [6, 6.07) is 15.5. The molecule has 0 saturated carbocycles. The second-order valence-electron chi connectivity index (χ2n) is 6.22. The highest BCUT2D eigenvalue weighted by Crippen LogP contribution is 2.29. The third kappa shape index (κ3) is 2.83. The molecule has 0 aliphatic rings. The minimum Gasteiger partial charge on any atom is -0.423 e. The van der Waals surface area contributed by atoms with Gasteiger partial charge in [0.2, 0.25) is 0 Å². The largest absolute Gasteiger partial charge is 0.489 e. The second kappa shape index (κ2) is 6.80. The van der Waals surface area contributed by atoms with Gasteiger partial charge < -0.3 is 10.0 Å². The molecule has 2 aromatic carbocycles. The third-order valence-corrected chi connectivity index (χ3v) is 4.72. The molecule has 2 aromatic heterocycles. The van der Waals surface area contributed by atoms with Gasteiger partial charge in [-0.1, -0.05) is 61.7 Å². The first-order valence-corrected chi connectivity index (χ1v) is 8.57. The summed E-state index contributed by atoms with van der Waals surface area (Å²) >= 11 is 0. The van der Waals surface area contributed by atoms with Crippen LogP contribution in [0, 0.1) is 0 Å². The van der Waals surface area contributed by atoms with Crippen molar-refractivity contribution in [2.24, 2.45) is 0 Å². The number of fused-ring (bicyclic) bond motifs is 3. The summed E-state index contributed by atoms with van der Waals surface area (Å²) in [5.74, 6) is 0. The highest BCUT2D eigenvalue weighted by atomic mass is 16.4. The fourth-order valence-electron chi connectivity index (χ4n) is 3.42. The molecule has 0 atom stereocenters. The minimum atomic E-state index is -1.58. The Hall–Kier alpha value is -3.28. The molecular formula is C22H17BN2O2. The van der Waals surface area contributed by atoms with Crippen molar-refractivity contribution in [3.8, 4) is 11.3 Å². The number of pyridine rings is 2. The molecule has 4 rings (SSSR count). The standard InChI is InChI=1S/C22H17BN2O2/c1-3-16-17(4-2)19(23(26)27)11-10-18(16)20-12-9-15-8-7-14-6-5-13-24-21(14)22(15)25-20/h3-13,26-27H,1-2H2. The monoisotopic (exact) mass is 352 g/mol. The van der Waals surface area contributed by atoms with Gasteiger partial charge >= 0.3 is 7.12 Å². The lowest BCUT2D eigenvalue weighted by atomic mass is 9.74. The Kier molecular flexibility index (Phi) is 4.32. The first-order valence-electron chi connectivity index (χ1n) is 8.57. The zero-order valence-corrected chi connectivity index (χ0v) is 14.6. The van der Waals surface area contributed by atoms with Crippen molar-refractivity contribution in [2.45, 2.75) is 0 Å². The highest BCUT2D eigenvalue weighted by molar-refractivity contribution is 6.59. The van der Waals surface area contributed by atoms with Crippen LogP contribution in [0.25, 0.3) is 45.2 Å². The summed E-state index contributed by atoms with van der Waals surface area (Å²) in [6.07, 6.45) is 5.05. The number of hydrogen-bond acceptors (Lipinski definition) is 4. The Morgan fingerprint density at radius 2 is 1.52 bits per heavy atom. The van der Waals surface area contributed by atoms with Crippen molar-refractivity contribution >= 4 is 46.5 Å². The van der Waals surface area contributed by atoms with Crippen LogP contribution in [0.5, 0.6) is 0 Å². The van der Waals surface area contributed by atoms with Crippen LogP contribution in [-0.2, 0) is 0 Å². The summed E-state index contributed by atoms with van der Waals surface area (Å²) in [5, 5.41) is 21.3. The average Bonchev–Trinajstić information content (AvgIpc) is 2.71. The van der Waals surface area contributed by atoms with Crippen molar-refractivity contribution in [2.75, 3.05) is 0 Å². The molecule has 0 fully saturated rings. The Balaban J connectivity index is 2.01. The van der Waals surface area contributed by atoms with E-state index in [1.165, 1.54) is 0 Å². The van der Waals surface area contributed by atoms with Crippen molar-refractivity contribution in [3.05, 3.63) is 79.0 Å². The number of nitrogens with zero attached hydrogens (tertiary/aromatic N) is 2. The third-order valence-electron chi connectivity index (χ3n) is 4.72. The number of rotatable bonds is 4. The number of benzene rings is 2. The van der Waals surface area contributed by atoms with Crippen molar-refractivity contribution in [3.63, 3.8) is 0 Å². The van der Waals surface area contributed by atoms with E-state index in [-0.39, 0.29) is 0 Å². The summed E-state index contributed by atoms with van der Waals surface area (Å²) < 4.78 is 0. The Labute approximate surface area is 157 Å². The fraction of sp³-hybridized carbons (Fsp3) is 0. The van der Waals surface area contributed by atoms with Gasteiger partial charge in [-0.2, -0.15) is 0 Å². The van der Waals surface area contributed by atoms with Gasteiger partial charge in [-0.15, -0.1) is 0 Å². The van der Waals surface area contributed by atoms with Gasteiger partial charge in [0.15, 0.2) is 0 Å². The van der Waals surface area contributed by atoms with Gasteiger partial charge in [-0.25, -0.2) is 4.98 Å². The highest BCUT2D eigenvalue weighted by Gasteiger charge is 2.19. The SMILES string of the molecule is C=Cc1c(B(O)O)ccc(-c2ccc3ccc4cccnc4c3n2)c1C=C. The summed E-state index contributed by atoms with van der Waals surface area (Å²) in [5.41, 5.74) is 5.06. The van der Waals surface area contributed by atoms with Crippen LogP contribution < -0.4 is 5.46 Å². The van der Waals surface area contributed by atoms with Gasteiger partial charge in [-0.05, 0) is 28.7 Å². The maximum atomic E-state index is 9.63. The molecule has 4 nitrogen and oxygen atoms in total. The van der Waals surface area contributed by atoms with Crippen LogP contribution in [-0.4, -0.2) is 27.1 Å². The molecule has 0 aliphatic heterocycles. The van der Waals surface area contributed by atoms with Gasteiger partial charge in [-0.3, -0.25) is 4.98 Å². The van der Waals surface area contributed by atoms with Gasteiger partial charge in [0.05, 0.1) is 16.7 Å². The lowest BCUT2D eigenvalue weighted by Crippen LogP contribution is -2.32. The van der Waals surface area contributed by atoms with E-state index in [1.54, 1.807) is 24.4 Å². The molecule has 27 heavy (non-hydrogen) atoms. The van der Waals surface area contributed by atoms with Crippen molar-refractivity contribution in [1.29, 1.82) is 0 Å². The lowest BCUT2D eigenvalue weighted by Gasteiger charge is -2.14. The Morgan fingerprint density at radius 1 is 0.815 bits per heavy atom. The van der Waals surface area contributed by atoms with E-state index in [2.05, 4.69) is 18.1 Å². The quantitative estimate of drug-likeness (QED) is 0.436.